The van der Waals surface area contributed by atoms with E-state index < -0.39 is 5.60 Å². The van der Waals surface area contributed by atoms with Crippen LogP contribution in [0.3, 0.4) is 0 Å². The molecule has 2 unspecified atom stereocenters. The van der Waals surface area contributed by atoms with Gasteiger partial charge in [-0.25, -0.2) is 14.8 Å². The van der Waals surface area contributed by atoms with Gasteiger partial charge in [-0.15, -0.1) is 0 Å². The normalized spacial score (nSPS) is 25.9. The van der Waals surface area contributed by atoms with Crippen molar-refractivity contribution in [2.75, 3.05) is 24.5 Å². The van der Waals surface area contributed by atoms with Crippen LogP contribution in [-0.4, -0.2) is 48.4 Å². The summed E-state index contributed by atoms with van der Waals surface area (Å²) in [5.74, 6) is 1.81. The number of aliphatic imine (C=N–C) groups is 2. The van der Waals surface area contributed by atoms with Crippen molar-refractivity contribution < 1.29 is 9.53 Å². The Labute approximate surface area is 231 Å². The van der Waals surface area contributed by atoms with Crippen LogP contribution in [0.25, 0.3) is 0 Å². The Kier molecular flexibility index (Phi) is 6.58. The molecule has 0 aromatic heterocycles. The molecule has 4 aliphatic rings. The van der Waals surface area contributed by atoms with Crippen LogP contribution in [0, 0.1) is 11.8 Å². The topological polar surface area (TPSA) is 69.5 Å². The number of anilines is 1. The van der Waals surface area contributed by atoms with Crippen LogP contribution in [0.4, 0.5) is 10.5 Å². The standard InChI is InChI=1S/C32H39N5O2/c1-22-13-14-25-27(22)29(35-21-34-25)37-20-32(15-16-36(19-32)18-23-9-6-5-7-10-23)28-24(11-8-12-26(28)37)17-33-30(38)39-31(2,3)4/h5-12,14,21-22,27H,13,15-20H2,1-4H3,(H,33,38)/t22-,27?,32?/m1/s1. The van der Waals surface area contributed by atoms with E-state index >= 15 is 0 Å². The van der Waals surface area contributed by atoms with E-state index in [9.17, 15) is 4.79 Å². The zero-order chi connectivity index (χ0) is 27.2. The molecular weight excluding hydrogens is 486 g/mol. The third-order valence-electron chi connectivity index (χ3n) is 8.45. The monoisotopic (exact) mass is 525 g/mol. The summed E-state index contributed by atoms with van der Waals surface area (Å²) in [7, 11) is 0. The second kappa shape index (κ2) is 9.94. The van der Waals surface area contributed by atoms with E-state index in [0.29, 0.717) is 12.5 Å². The van der Waals surface area contributed by atoms with Gasteiger partial charge in [-0.3, -0.25) is 4.90 Å². The number of carbonyl (C=O) groups excluding carboxylic acids is 1. The highest BCUT2D eigenvalue weighted by Crippen LogP contribution is 2.50. The number of likely N-dealkylation sites (tertiary alicyclic amines) is 1. The Morgan fingerprint density at radius 2 is 1.95 bits per heavy atom. The minimum Gasteiger partial charge on any atom is -0.444 e. The third-order valence-corrected chi connectivity index (χ3v) is 8.45. The Hall–Kier alpha value is -3.45. The highest BCUT2D eigenvalue weighted by atomic mass is 16.6. The van der Waals surface area contributed by atoms with Gasteiger partial charge in [0.1, 0.15) is 17.8 Å². The molecule has 2 aromatic carbocycles. The van der Waals surface area contributed by atoms with Crippen molar-refractivity contribution in [2.24, 2.45) is 21.8 Å². The van der Waals surface area contributed by atoms with Gasteiger partial charge >= 0.3 is 6.09 Å². The van der Waals surface area contributed by atoms with Crippen LogP contribution >= 0.6 is 0 Å². The van der Waals surface area contributed by atoms with Crippen LogP contribution < -0.4 is 10.2 Å². The van der Waals surface area contributed by atoms with Gasteiger partial charge in [0.25, 0.3) is 0 Å². The summed E-state index contributed by atoms with van der Waals surface area (Å²) in [6.45, 7) is 12.2. The highest BCUT2D eigenvalue weighted by Gasteiger charge is 2.51. The minimum atomic E-state index is -0.534. The van der Waals surface area contributed by atoms with Crippen molar-refractivity contribution >= 4 is 24.0 Å². The number of amidine groups is 1. The number of allylic oxidation sites excluding steroid dienone is 1. The van der Waals surface area contributed by atoms with Crippen LogP contribution in [0.5, 0.6) is 0 Å². The Bertz CT molecular complexity index is 1340. The van der Waals surface area contributed by atoms with E-state index in [1.165, 1.54) is 16.8 Å². The van der Waals surface area contributed by atoms with Gasteiger partial charge in [0.05, 0.1) is 5.92 Å². The summed E-state index contributed by atoms with van der Waals surface area (Å²) in [5, 5.41) is 3.03. The fourth-order valence-electron chi connectivity index (χ4n) is 6.85. The van der Waals surface area contributed by atoms with Crippen LogP contribution in [-0.2, 0) is 23.2 Å². The molecule has 1 fully saturated rings. The Morgan fingerprint density at radius 3 is 2.74 bits per heavy atom. The van der Waals surface area contributed by atoms with E-state index in [1.807, 2.05) is 20.8 Å². The number of carbonyl (C=O) groups is 1. The molecule has 7 heteroatoms. The maximum absolute atomic E-state index is 12.6. The first-order valence-corrected chi connectivity index (χ1v) is 14.2. The van der Waals surface area contributed by atoms with Gasteiger partial charge in [-0.2, -0.15) is 0 Å². The van der Waals surface area contributed by atoms with Crippen molar-refractivity contribution in [3.63, 3.8) is 0 Å². The summed E-state index contributed by atoms with van der Waals surface area (Å²) in [5.41, 5.74) is 5.63. The first-order chi connectivity index (χ1) is 18.7. The molecule has 0 bridgehead atoms. The number of ether oxygens (including phenoxy) is 1. The van der Waals surface area contributed by atoms with E-state index in [0.717, 1.165) is 56.1 Å². The SMILES string of the molecule is C[C@@H]1CC=C2N=CN=C(N3CC4(CCN(Cc5ccccc5)C4)c4c(CNC(=O)OC(C)(C)C)cccc43)C21. The molecule has 2 aromatic rings. The van der Waals surface area contributed by atoms with Gasteiger partial charge in [0, 0.05) is 43.0 Å². The maximum Gasteiger partial charge on any atom is 0.407 e. The number of fused-ring (bicyclic) bond motifs is 3. The van der Waals surface area contributed by atoms with Crippen molar-refractivity contribution in [3.05, 3.63) is 77.0 Å². The number of nitrogens with zero attached hydrogens (tertiary/aromatic N) is 4. The van der Waals surface area contributed by atoms with Crippen molar-refractivity contribution in [1.29, 1.82) is 0 Å². The first-order valence-electron chi connectivity index (χ1n) is 14.2. The number of benzene rings is 2. The number of alkyl carbamates (subject to hydrolysis) is 1. The molecule has 1 spiro atoms. The average molecular weight is 526 g/mol. The second-order valence-electron chi connectivity index (χ2n) is 12.5. The Morgan fingerprint density at radius 1 is 1.13 bits per heavy atom. The van der Waals surface area contributed by atoms with Crippen molar-refractivity contribution in [2.45, 2.75) is 64.6 Å². The van der Waals surface area contributed by atoms with Crippen molar-refractivity contribution in [3.8, 4) is 0 Å². The lowest BCUT2D eigenvalue weighted by molar-refractivity contribution is 0.0523. The molecule has 0 radical (unpaired) electrons. The molecule has 1 N–H and O–H groups in total. The smallest absolute Gasteiger partial charge is 0.407 e. The van der Waals surface area contributed by atoms with Gasteiger partial charge in [-0.05, 0) is 68.8 Å². The van der Waals surface area contributed by atoms with E-state index in [2.05, 4.69) is 81.6 Å². The van der Waals surface area contributed by atoms with Crippen LogP contribution in [0.1, 0.15) is 57.2 Å². The summed E-state index contributed by atoms with van der Waals surface area (Å²) < 4.78 is 5.55. The lowest BCUT2D eigenvalue weighted by Crippen LogP contribution is -2.43. The zero-order valence-electron chi connectivity index (χ0n) is 23.5. The Balaban J connectivity index is 1.34. The zero-order valence-corrected chi connectivity index (χ0v) is 23.5. The largest absolute Gasteiger partial charge is 0.444 e. The molecular formula is C32H39N5O2. The minimum absolute atomic E-state index is 0.0425. The fourth-order valence-corrected chi connectivity index (χ4v) is 6.85. The average Bonchev–Trinajstić information content (AvgIpc) is 3.58. The predicted molar refractivity (Wildman–Crippen MR) is 156 cm³/mol. The maximum atomic E-state index is 12.6. The molecule has 6 rings (SSSR count). The molecule has 7 nitrogen and oxygen atoms in total. The molecule has 204 valence electrons. The van der Waals surface area contributed by atoms with Crippen molar-refractivity contribution in [1.82, 2.24) is 10.2 Å². The van der Waals surface area contributed by atoms with Gasteiger partial charge in [0.2, 0.25) is 0 Å². The quantitative estimate of drug-likeness (QED) is 0.560. The van der Waals surface area contributed by atoms with E-state index in [-0.39, 0.29) is 17.4 Å². The number of hydrogen-bond donors (Lipinski definition) is 1. The lowest BCUT2D eigenvalue weighted by atomic mass is 9.79. The summed E-state index contributed by atoms with van der Waals surface area (Å²) in [6, 6.07) is 17.2. The number of amides is 1. The molecule has 39 heavy (non-hydrogen) atoms. The number of nitrogens with one attached hydrogen (secondary N) is 1. The first kappa shape index (κ1) is 25.8. The molecule has 3 heterocycles. The van der Waals surface area contributed by atoms with Gasteiger partial charge < -0.3 is 15.0 Å². The molecule has 0 saturated carbocycles. The highest BCUT2D eigenvalue weighted by molar-refractivity contribution is 6.08. The number of rotatable bonds is 4. The summed E-state index contributed by atoms with van der Waals surface area (Å²) >= 11 is 0. The molecule has 1 aliphatic carbocycles. The van der Waals surface area contributed by atoms with Crippen LogP contribution in [0.2, 0.25) is 0 Å². The van der Waals surface area contributed by atoms with E-state index in [1.54, 1.807) is 6.34 Å². The molecule has 1 saturated heterocycles. The van der Waals surface area contributed by atoms with Gasteiger partial charge in [0.15, 0.2) is 0 Å². The summed E-state index contributed by atoms with van der Waals surface area (Å²) in [6.07, 6.45) is 5.71. The summed E-state index contributed by atoms with van der Waals surface area (Å²) in [4.78, 5) is 27.1. The molecule has 3 atom stereocenters. The predicted octanol–water partition coefficient (Wildman–Crippen LogP) is 5.66. The van der Waals surface area contributed by atoms with E-state index in [4.69, 9.17) is 9.73 Å². The van der Waals surface area contributed by atoms with Gasteiger partial charge in [-0.1, -0.05) is 55.5 Å². The van der Waals surface area contributed by atoms with Crippen LogP contribution in [0.15, 0.2) is 70.3 Å². The molecule has 3 aliphatic heterocycles. The lowest BCUT2D eigenvalue weighted by Gasteiger charge is -2.32. The molecule has 1 amide bonds. The third kappa shape index (κ3) is 5.00. The second-order valence-corrected chi connectivity index (χ2v) is 12.5. The fraction of sp³-hybridized carbons (Fsp3) is 0.469. The number of hydrogen-bond acceptors (Lipinski definition) is 6.